The van der Waals surface area contributed by atoms with Gasteiger partial charge in [-0.1, -0.05) is 11.6 Å². The van der Waals surface area contributed by atoms with Crippen molar-refractivity contribution in [3.63, 3.8) is 0 Å². The van der Waals surface area contributed by atoms with Gasteiger partial charge in [0.2, 0.25) is 0 Å². The number of likely N-dealkylation sites (tertiary alicyclic amines) is 1. The molecule has 0 atom stereocenters. The lowest BCUT2D eigenvalue weighted by Gasteiger charge is -2.16. The molecule has 5 nitrogen and oxygen atoms in total. The lowest BCUT2D eigenvalue weighted by Crippen LogP contribution is -2.28. The molecule has 1 saturated heterocycles. The van der Waals surface area contributed by atoms with Crippen molar-refractivity contribution in [1.29, 1.82) is 0 Å². The Morgan fingerprint density at radius 1 is 1.42 bits per heavy atom. The molecule has 0 saturated carbocycles. The van der Waals surface area contributed by atoms with E-state index in [4.69, 9.17) is 11.6 Å². The summed E-state index contributed by atoms with van der Waals surface area (Å²) >= 11 is 6.09. The largest absolute Gasteiger partial charge is 0.381 e. The molecule has 0 unspecified atom stereocenters. The molecule has 2 heterocycles. The summed E-state index contributed by atoms with van der Waals surface area (Å²) in [7, 11) is 0. The van der Waals surface area contributed by atoms with Crippen molar-refractivity contribution < 1.29 is 0 Å². The Labute approximate surface area is 118 Å². The maximum Gasteiger partial charge on any atom is 0.287 e. The first kappa shape index (κ1) is 14.3. The number of rotatable bonds is 5. The molecule has 1 aliphatic heterocycles. The summed E-state index contributed by atoms with van der Waals surface area (Å²) in [6.45, 7) is 7.91. The molecule has 0 bridgehead atoms. The number of nitrogens with one attached hydrogen (secondary N) is 1. The van der Waals surface area contributed by atoms with E-state index in [1.54, 1.807) is 6.20 Å². The van der Waals surface area contributed by atoms with Crippen LogP contribution in [0.5, 0.6) is 0 Å². The van der Waals surface area contributed by atoms with Crippen LogP contribution >= 0.6 is 11.6 Å². The average molecular weight is 285 g/mol. The number of hydrogen-bond acceptors (Lipinski definition) is 4. The number of halogens is 1. The van der Waals surface area contributed by atoms with Gasteiger partial charge in [-0.3, -0.25) is 4.79 Å². The van der Waals surface area contributed by atoms with E-state index in [1.165, 1.54) is 30.6 Å². The van der Waals surface area contributed by atoms with Crippen LogP contribution in [0.2, 0.25) is 5.02 Å². The smallest absolute Gasteiger partial charge is 0.287 e. The van der Waals surface area contributed by atoms with Gasteiger partial charge in [0, 0.05) is 13.1 Å². The molecular formula is C13H21ClN4O. The van der Waals surface area contributed by atoms with Crippen molar-refractivity contribution in [1.82, 2.24) is 14.7 Å². The Balaban J connectivity index is 1.97. The van der Waals surface area contributed by atoms with Gasteiger partial charge in [-0.05, 0) is 39.8 Å². The molecule has 106 valence electrons. The molecule has 0 amide bonds. The highest BCUT2D eigenvalue weighted by molar-refractivity contribution is 6.32. The van der Waals surface area contributed by atoms with Crippen molar-refractivity contribution in [2.75, 3.05) is 31.5 Å². The summed E-state index contributed by atoms with van der Waals surface area (Å²) < 4.78 is 1.40. The molecule has 19 heavy (non-hydrogen) atoms. The van der Waals surface area contributed by atoms with Gasteiger partial charge in [-0.15, -0.1) is 0 Å². The van der Waals surface area contributed by atoms with Crippen molar-refractivity contribution in [2.24, 2.45) is 0 Å². The first-order valence-corrected chi connectivity index (χ1v) is 7.21. The zero-order valence-electron chi connectivity index (χ0n) is 11.5. The molecule has 1 aromatic rings. The minimum atomic E-state index is -0.233. The number of anilines is 1. The zero-order valence-corrected chi connectivity index (χ0v) is 12.3. The van der Waals surface area contributed by atoms with E-state index in [1.807, 2.05) is 13.8 Å². The second kappa shape index (κ2) is 6.39. The monoisotopic (exact) mass is 284 g/mol. The lowest BCUT2D eigenvalue weighted by atomic mass is 10.4. The van der Waals surface area contributed by atoms with Crippen LogP contribution in [0.1, 0.15) is 32.7 Å². The van der Waals surface area contributed by atoms with Gasteiger partial charge in [0.1, 0.15) is 5.02 Å². The van der Waals surface area contributed by atoms with Crippen molar-refractivity contribution >= 4 is 17.3 Å². The average Bonchev–Trinajstić information content (AvgIpc) is 2.87. The second-order valence-electron chi connectivity index (χ2n) is 5.19. The normalized spacial score (nSPS) is 16.2. The van der Waals surface area contributed by atoms with Gasteiger partial charge in [-0.25, -0.2) is 4.68 Å². The zero-order chi connectivity index (χ0) is 13.8. The molecule has 1 fully saturated rings. The fraction of sp³-hybridized carbons (Fsp3) is 0.692. The van der Waals surface area contributed by atoms with Gasteiger partial charge in [0.25, 0.3) is 5.56 Å². The van der Waals surface area contributed by atoms with Crippen LogP contribution in [0.4, 0.5) is 5.69 Å². The van der Waals surface area contributed by atoms with Gasteiger partial charge in [-0.2, -0.15) is 5.10 Å². The van der Waals surface area contributed by atoms with Crippen LogP contribution in [0.25, 0.3) is 0 Å². The fourth-order valence-corrected chi connectivity index (χ4v) is 2.49. The molecular weight excluding hydrogens is 264 g/mol. The molecule has 0 spiro atoms. The summed E-state index contributed by atoms with van der Waals surface area (Å²) in [5.41, 5.74) is 0.394. The summed E-state index contributed by atoms with van der Waals surface area (Å²) in [6.07, 6.45) is 4.20. The van der Waals surface area contributed by atoms with Gasteiger partial charge in [0.15, 0.2) is 0 Å². The quantitative estimate of drug-likeness (QED) is 0.898. The van der Waals surface area contributed by atoms with E-state index >= 15 is 0 Å². The fourth-order valence-electron chi connectivity index (χ4n) is 2.29. The van der Waals surface area contributed by atoms with Crippen LogP contribution in [0.15, 0.2) is 11.0 Å². The topological polar surface area (TPSA) is 50.2 Å². The highest BCUT2D eigenvalue weighted by Gasteiger charge is 2.13. The third-order valence-electron chi connectivity index (χ3n) is 3.37. The van der Waals surface area contributed by atoms with E-state index in [-0.39, 0.29) is 16.6 Å². The van der Waals surface area contributed by atoms with Crippen molar-refractivity contribution in [3.05, 3.63) is 21.6 Å². The minimum Gasteiger partial charge on any atom is -0.381 e. The number of hydrogen-bond donors (Lipinski definition) is 1. The molecule has 6 heteroatoms. The van der Waals surface area contributed by atoms with Crippen LogP contribution in [0.3, 0.4) is 0 Å². The van der Waals surface area contributed by atoms with Crippen LogP contribution in [-0.2, 0) is 0 Å². The Bertz CT molecular complexity index is 480. The first-order chi connectivity index (χ1) is 9.09. The Morgan fingerprint density at radius 2 is 2.11 bits per heavy atom. The van der Waals surface area contributed by atoms with E-state index < -0.39 is 0 Å². The predicted octanol–water partition coefficient (Wildman–Crippen LogP) is 1.99. The lowest BCUT2D eigenvalue weighted by molar-refractivity contribution is 0.352. The standard InChI is InChI=1S/C13H21ClN4O/c1-10(2)18-13(19)12(14)11(9-16-18)15-5-8-17-6-3-4-7-17/h9-10,15H,3-8H2,1-2H3. The molecule has 2 rings (SSSR count). The van der Waals surface area contributed by atoms with Crippen LogP contribution in [-0.4, -0.2) is 40.9 Å². The molecule has 1 N–H and O–H groups in total. The Hall–Kier alpha value is -1.07. The number of nitrogens with zero attached hydrogens (tertiary/aromatic N) is 3. The SMILES string of the molecule is CC(C)n1ncc(NCCN2CCCC2)c(Cl)c1=O. The third kappa shape index (κ3) is 3.48. The molecule has 0 aromatic carbocycles. The van der Waals surface area contributed by atoms with Gasteiger partial charge >= 0.3 is 0 Å². The highest BCUT2D eigenvalue weighted by atomic mass is 35.5. The van der Waals surface area contributed by atoms with E-state index in [0.717, 1.165) is 13.1 Å². The van der Waals surface area contributed by atoms with Crippen molar-refractivity contribution in [2.45, 2.75) is 32.7 Å². The predicted molar refractivity (Wildman–Crippen MR) is 78.1 cm³/mol. The van der Waals surface area contributed by atoms with Crippen molar-refractivity contribution in [3.8, 4) is 0 Å². The van der Waals surface area contributed by atoms with E-state index in [9.17, 15) is 4.79 Å². The Morgan fingerprint density at radius 3 is 2.74 bits per heavy atom. The maximum absolute atomic E-state index is 12.0. The summed E-state index contributed by atoms with van der Waals surface area (Å²) in [5, 5.41) is 7.56. The van der Waals surface area contributed by atoms with Gasteiger partial charge in [0.05, 0.1) is 17.9 Å². The highest BCUT2D eigenvalue weighted by Crippen LogP contribution is 2.16. The van der Waals surface area contributed by atoms with Crippen LogP contribution in [0, 0.1) is 0 Å². The van der Waals surface area contributed by atoms with E-state index in [2.05, 4.69) is 15.3 Å². The summed E-state index contributed by atoms with van der Waals surface area (Å²) in [5.74, 6) is 0. The molecule has 1 aromatic heterocycles. The minimum absolute atomic E-state index is 0.0173. The van der Waals surface area contributed by atoms with Crippen LogP contribution < -0.4 is 10.9 Å². The van der Waals surface area contributed by atoms with E-state index in [0.29, 0.717) is 5.69 Å². The summed E-state index contributed by atoms with van der Waals surface area (Å²) in [6, 6.07) is 0.0173. The van der Waals surface area contributed by atoms with Gasteiger partial charge < -0.3 is 10.2 Å². The Kier molecular flexibility index (Phi) is 4.82. The second-order valence-corrected chi connectivity index (χ2v) is 5.57. The first-order valence-electron chi connectivity index (χ1n) is 6.83. The third-order valence-corrected chi connectivity index (χ3v) is 3.74. The molecule has 1 aliphatic rings. The molecule has 0 aliphatic carbocycles. The number of aromatic nitrogens is 2. The molecule has 0 radical (unpaired) electrons. The summed E-state index contributed by atoms with van der Waals surface area (Å²) in [4.78, 5) is 14.4. The maximum atomic E-state index is 12.0.